The molecule has 2 atom stereocenters. The Morgan fingerprint density at radius 2 is 1.71 bits per heavy atom. The fourth-order valence-corrected chi connectivity index (χ4v) is 4.96. The summed E-state index contributed by atoms with van der Waals surface area (Å²) in [6, 6.07) is 20.2. The first kappa shape index (κ1) is 20.4. The predicted molar refractivity (Wildman–Crippen MR) is 126 cm³/mol. The van der Waals surface area contributed by atoms with Crippen LogP contribution in [0.4, 0.5) is 10.5 Å². The van der Waals surface area contributed by atoms with Gasteiger partial charge in [-0.15, -0.1) is 0 Å². The molecule has 3 aromatic carbocycles. The van der Waals surface area contributed by atoms with E-state index in [1.807, 2.05) is 36.4 Å². The lowest BCUT2D eigenvalue weighted by atomic mass is 9.77. The van der Waals surface area contributed by atoms with Crippen molar-refractivity contribution < 1.29 is 4.79 Å². The number of aryl methyl sites for hydroxylation is 1. The standard InChI is InChI=1S/C24H18Cl3N3O/c25-19-8-4-3-7-17(19)23-18-11-9-14-5-1-2-6-16(14)22(18)29-30(23)24(31)28-15-10-12-20(26)21(27)13-15/h1-8,10,12-13,18,23H,9,11H2,(H,28,31). The van der Waals surface area contributed by atoms with E-state index in [1.54, 1.807) is 18.2 Å². The largest absolute Gasteiger partial charge is 0.342 e. The number of hydrazone groups is 1. The molecular formula is C24H18Cl3N3O. The molecule has 5 rings (SSSR count). The number of rotatable bonds is 2. The van der Waals surface area contributed by atoms with E-state index >= 15 is 0 Å². The molecule has 0 bridgehead atoms. The molecule has 0 saturated carbocycles. The maximum atomic E-state index is 13.3. The maximum Gasteiger partial charge on any atom is 0.342 e. The van der Waals surface area contributed by atoms with Crippen molar-refractivity contribution >= 4 is 52.2 Å². The molecule has 1 aliphatic heterocycles. The third-order valence-corrected chi connectivity index (χ3v) is 6.92. The summed E-state index contributed by atoms with van der Waals surface area (Å²) in [6.45, 7) is 0. The topological polar surface area (TPSA) is 44.7 Å². The van der Waals surface area contributed by atoms with Crippen molar-refractivity contribution in [2.24, 2.45) is 11.0 Å². The molecule has 2 unspecified atom stereocenters. The van der Waals surface area contributed by atoms with Crippen LogP contribution in [0.25, 0.3) is 0 Å². The Balaban J connectivity index is 1.55. The van der Waals surface area contributed by atoms with Gasteiger partial charge in [-0.1, -0.05) is 77.3 Å². The molecule has 0 saturated heterocycles. The molecule has 1 N–H and O–H groups in total. The SMILES string of the molecule is O=C(Nc1ccc(Cl)c(Cl)c1)N1N=C2c3ccccc3CCC2C1c1ccccc1Cl. The van der Waals surface area contributed by atoms with Gasteiger partial charge in [0.1, 0.15) is 0 Å². The molecule has 1 heterocycles. The monoisotopic (exact) mass is 469 g/mol. The van der Waals surface area contributed by atoms with E-state index in [1.165, 1.54) is 10.6 Å². The van der Waals surface area contributed by atoms with Crippen LogP contribution in [-0.2, 0) is 6.42 Å². The van der Waals surface area contributed by atoms with Gasteiger partial charge in [0.15, 0.2) is 0 Å². The summed E-state index contributed by atoms with van der Waals surface area (Å²) in [5.41, 5.74) is 4.71. The van der Waals surface area contributed by atoms with E-state index in [4.69, 9.17) is 39.9 Å². The summed E-state index contributed by atoms with van der Waals surface area (Å²) in [4.78, 5) is 13.3. The highest BCUT2D eigenvalue weighted by molar-refractivity contribution is 6.42. The fraction of sp³-hybridized carbons (Fsp3) is 0.167. The Labute approximate surface area is 195 Å². The molecule has 0 radical (unpaired) electrons. The van der Waals surface area contributed by atoms with E-state index in [0.717, 1.165) is 29.7 Å². The minimum absolute atomic E-state index is 0.0642. The Morgan fingerprint density at radius 3 is 2.52 bits per heavy atom. The molecule has 2 amide bonds. The van der Waals surface area contributed by atoms with Crippen LogP contribution < -0.4 is 5.32 Å². The molecule has 4 nitrogen and oxygen atoms in total. The number of carbonyl (C=O) groups is 1. The normalized spacial score (nSPS) is 19.5. The molecule has 2 aliphatic rings. The molecule has 7 heteroatoms. The second-order valence-corrected chi connectivity index (χ2v) is 8.88. The lowest BCUT2D eigenvalue weighted by molar-refractivity contribution is 0.188. The van der Waals surface area contributed by atoms with Crippen molar-refractivity contribution in [3.63, 3.8) is 0 Å². The lowest BCUT2D eigenvalue weighted by Gasteiger charge is -2.30. The molecule has 1 aliphatic carbocycles. The van der Waals surface area contributed by atoms with Gasteiger partial charge < -0.3 is 5.32 Å². The number of urea groups is 1. The van der Waals surface area contributed by atoms with Crippen molar-refractivity contribution in [1.82, 2.24) is 5.01 Å². The summed E-state index contributed by atoms with van der Waals surface area (Å²) >= 11 is 18.7. The first-order valence-electron chi connectivity index (χ1n) is 9.99. The van der Waals surface area contributed by atoms with Crippen molar-refractivity contribution in [3.8, 4) is 0 Å². The lowest BCUT2D eigenvalue weighted by Crippen LogP contribution is -2.35. The molecule has 3 aromatic rings. The van der Waals surface area contributed by atoms with Gasteiger partial charge in [-0.05, 0) is 48.2 Å². The van der Waals surface area contributed by atoms with Gasteiger partial charge in [0.2, 0.25) is 0 Å². The zero-order valence-corrected chi connectivity index (χ0v) is 18.6. The minimum Gasteiger partial charge on any atom is -0.306 e. The van der Waals surface area contributed by atoms with Crippen LogP contribution in [0.1, 0.15) is 29.2 Å². The van der Waals surface area contributed by atoms with Crippen LogP contribution in [0.5, 0.6) is 0 Å². The number of benzene rings is 3. The average Bonchev–Trinajstić information content (AvgIpc) is 3.17. The zero-order chi connectivity index (χ0) is 21.5. The van der Waals surface area contributed by atoms with Gasteiger partial charge in [-0.2, -0.15) is 5.10 Å². The molecular weight excluding hydrogens is 453 g/mol. The number of carbonyl (C=O) groups excluding carboxylic acids is 1. The third-order valence-electron chi connectivity index (χ3n) is 5.83. The first-order chi connectivity index (χ1) is 15.0. The number of hydrogen-bond acceptors (Lipinski definition) is 2. The summed E-state index contributed by atoms with van der Waals surface area (Å²) in [7, 11) is 0. The Morgan fingerprint density at radius 1 is 0.935 bits per heavy atom. The zero-order valence-electron chi connectivity index (χ0n) is 16.4. The summed E-state index contributed by atoms with van der Waals surface area (Å²) < 4.78 is 0. The van der Waals surface area contributed by atoms with Crippen LogP contribution in [0.3, 0.4) is 0 Å². The molecule has 156 valence electrons. The van der Waals surface area contributed by atoms with Gasteiger partial charge in [0.25, 0.3) is 0 Å². The molecule has 31 heavy (non-hydrogen) atoms. The van der Waals surface area contributed by atoms with Crippen LogP contribution >= 0.6 is 34.8 Å². The average molecular weight is 471 g/mol. The van der Waals surface area contributed by atoms with Crippen LogP contribution in [0.15, 0.2) is 71.8 Å². The number of amides is 2. The van der Waals surface area contributed by atoms with Crippen LogP contribution in [0, 0.1) is 5.92 Å². The highest BCUT2D eigenvalue weighted by Crippen LogP contribution is 2.45. The molecule has 0 fully saturated rings. The van der Waals surface area contributed by atoms with E-state index < -0.39 is 0 Å². The second kappa shape index (κ2) is 8.19. The number of nitrogens with one attached hydrogen (secondary N) is 1. The Kier molecular flexibility index (Phi) is 5.39. The van der Waals surface area contributed by atoms with E-state index in [-0.39, 0.29) is 18.0 Å². The second-order valence-electron chi connectivity index (χ2n) is 7.66. The highest BCUT2D eigenvalue weighted by Gasteiger charge is 2.44. The summed E-state index contributed by atoms with van der Waals surface area (Å²) in [6.07, 6.45) is 1.82. The van der Waals surface area contributed by atoms with Gasteiger partial charge in [-0.25, -0.2) is 9.80 Å². The fourth-order valence-electron chi connectivity index (χ4n) is 4.41. The van der Waals surface area contributed by atoms with Gasteiger partial charge >= 0.3 is 6.03 Å². The molecule has 0 spiro atoms. The van der Waals surface area contributed by atoms with Gasteiger partial charge in [0, 0.05) is 22.2 Å². The number of hydrogen-bond donors (Lipinski definition) is 1. The number of halogens is 3. The quantitative estimate of drug-likeness (QED) is 0.423. The van der Waals surface area contributed by atoms with Crippen molar-refractivity contribution in [2.45, 2.75) is 18.9 Å². The number of anilines is 1. The van der Waals surface area contributed by atoms with E-state index in [2.05, 4.69) is 17.4 Å². The third kappa shape index (κ3) is 3.69. The van der Waals surface area contributed by atoms with Gasteiger partial charge in [0.05, 0.1) is 21.8 Å². The maximum absolute atomic E-state index is 13.3. The van der Waals surface area contributed by atoms with Crippen LogP contribution in [-0.4, -0.2) is 16.8 Å². The smallest absolute Gasteiger partial charge is 0.306 e. The van der Waals surface area contributed by atoms with Crippen molar-refractivity contribution in [2.75, 3.05) is 5.32 Å². The predicted octanol–water partition coefficient (Wildman–Crippen LogP) is 7.20. The van der Waals surface area contributed by atoms with Crippen LogP contribution in [0.2, 0.25) is 15.1 Å². The van der Waals surface area contributed by atoms with Crippen molar-refractivity contribution in [1.29, 1.82) is 0 Å². The first-order valence-corrected chi connectivity index (χ1v) is 11.1. The van der Waals surface area contributed by atoms with Crippen molar-refractivity contribution in [3.05, 3.63) is 98.5 Å². The summed E-state index contributed by atoms with van der Waals surface area (Å²) in [5.74, 6) is 0.0642. The highest BCUT2D eigenvalue weighted by atomic mass is 35.5. The van der Waals surface area contributed by atoms with E-state index in [9.17, 15) is 4.79 Å². The Bertz CT molecular complexity index is 1210. The number of fused-ring (bicyclic) bond motifs is 3. The number of nitrogens with zero attached hydrogens (tertiary/aromatic N) is 2. The Hall–Kier alpha value is -2.53. The molecule has 0 aromatic heterocycles. The summed E-state index contributed by atoms with van der Waals surface area (Å²) in [5, 5.41) is 10.6. The minimum atomic E-state index is -0.345. The van der Waals surface area contributed by atoms with Gasteiger partial charge in [-0.3, -0.25) is 0 Å². The van der Waals surface area contributed by atoms with E-state index in [0.29, 0.717) is 20.8 Å².